The molecule has 0 fully saturated rings. The summed E-state index contributed by atoms with van der Waals surface area (Å²) in [6.07, 6.45) is 1.92. The van der Waals surface area contributed by atoms with Crippen LogP contribution in [0.2, 0.25) is 0 Å². The first-order chi connectivity index (χ1) is 13.8. The molecule has 3 heteroatoms. The van der Waals surface area contributed by atoms with E-state index in [1.54, 1.807) is 24.3 Å². The lowest BCUT2D eigenvalue weighted by Gasteiger charge is -2.18. The molecule has 3 aromatic rings. The van der Waals surface area contributed by atoms with Crippen molar-refractivity contribution >= 4 is 0 Å². The van der Waals surface area contributed by atoms with Crippen LogP contribution in [0.15, 0.2) is 60.2 Å². The van der Waals surface area contributed by atoms with E-state index in [0.29, 0.717) is 6.61 Å². The molecule has 0 amide bonds. The average molecular weight is 390 g/mol. The third kappa shape index (κ3) is 4.51. The average Bonchev–Trinajstić information content (AvgIpc) is 2.67. The zero-order valence-electron chi connectivity index (χ0n) is 17.6. The van der Waals surface area contributed by atoms with Gasteiger partial charge < -0.3 is 9.84 Å². The summed E-state index contributed by atoms with van der Waals surface area (Å²) in [5, 5.41) is 9.56. The number of allylic oxidation sites excluding steroid dienone is 1. The number of aromatic hydroxyl groups is 1. The van der Waals surface area contributed by atoms with Gasteiger partial charge >= 0.3 is 0 Å². The van der Waals surface area contributed by atoms with Crippen molar-refractivity contribution in [1.29, 1.82) is 0 Å². The van der Waals surface area contributed by atoms with Crippen LogP contribution in [-0.2, 0) is 0 Å². The summed E-state index contributed by atoms with van der Waals surface area (Å²) >= 11 is 0. The van der Waals surface area contributed by atoms with Gasteiger partial charge in [0.2, 0.25) is 0 Å². The molecule has 0 saturated carbocycles. The Morgan fingerprint density at radius 1 is 0.931 bits per heavy atom. The highest BCUT2D eigenvalue weighted by atomic mass is 19.1. The molecular formula is C26H27FO2. The summed E-state index contributed by atoms with van der Waals surface area (Å²) in [6.45, 7) is 10.5. The third-order valence-corrected chi connectivity index (χ3v) is 5.23. The number of hydrogen-bond donors (Lipinski definition) is 1. The van der Waals surface area contributed by atoms with Crippen molar-refractivity contribution in [2.24, 2.45) is 0 Å². The fourth-order valence-corrected chi connectivity index (χ4v) is 3.54. The lowest BCUT2D eigenvalue weighted by atomic mass is 9.87. The number of phenolic OH excluding ortho intramolecular Hbond substituents is 1. The summed E-state index contributed by atoms with van der Waals surface area (Å²) < 4.78 is 20.2. The molecule has 0 aliphatic rings. The number of halogens is 1. The molecule has 0 unspecified atom stereocenters. The van der Waals surface area contributed by atoms with E-state index in [2.05, 4.69) is 19.9 Å². The van der Waals surface area contributed by atoms with Crippen LogP contribution in [-0.4, -0.2) is 11.7 Å². The first kappa shape index (κ1) is 20.7. The van der Waals surface area contributed by atoms with Gasteiger partial charge in [0.05, 0.1) is 0 Å². The Hall–Kier alpha value is -3.07. The van der Waals surface area contributed by atoms with Crippen LogP contribution >= 0.6 is 0 Å². The maximum absolute atomic E-state index is 14.6. The van der Waals surface area contributed by atoms with Crippen LogP contribution in [0.3, 0.4) is 0 Å². The van der Waals surface area contributed by atoms with Gasteiger partial charge in [-0.05, 0) is 104 Å². The second-order valence-electron chi connectivity index (χ2n) is 7.65. The maximum atomic E-state index is 14.6. The largest absolute Gasteiger partial charge is 0.508 e. The molecule has 3 rings (SSSR count). The molecule has 0 heterocycles. The minimum atomic E-state index is -0.358. The van der Waals surface area contributed by atoms with Gasteiger partial charge in [0.25, 0.3) is 0 Å². The monoisotopic (exact) mass is 390 g/mol. The summed E-state index contributed by atoms with van der Waals surface area (Å²) in [5.41, 5.74) is 8.52. The fourth-order valence-electron chi connectivity index (χ4n) is 3.54. The molecule has 0 saturated heterocycles. The number of benzene rings is 3. The van der Waals surface area contributed by atoms with Crippen molar-refractivity contribution in [3.05, 3.63) is 82.7 Å². The van der Waals surface area contributed by atoms with Crippen molar-refractivity contribution in [3.8, 4) is 33.8 Å². The maximum Gasteiger partial charge on any atom is 0.165 e. The molecular weight excluding hydrogens is 363 g/mol. The standard InChI is InChI=1S/C26H27FO2/c1-16(2)12-13-29-25-11-8-21(15-24(25)27)26-17(3)14-23(18(4)19(26)5)20-6-9-22(28)10-7-20/h6-12,14-15,28H,13H2,1-5H3. The molecule has 0 atom stereocenters. The molecule has 2 nitrogen and oxygen atoms in total. The SMILES string of the molecule is CC(C)=CCOc1ccc(-c2c(C)cc(-c3ccc(O)cc3)c(C)c2C)cc1F. The van der Waals surface area contributed by atoms with Gasteiger partial charge in [0.15, 0.2) is 11.6 Å². The normalized spacial score (nSPS) is 10.7. The molecule has 0 aliphatic carbocycles. The van der Waals surface area contributed by atoms with E-state index in [4.69, 9.17) is 4.74 Å². The third-order valence-electron chi connectivity index (χ3n) is 5.23. The number of phenols is 1. The lowest BCUT2D eigenvalue weighted by Crippen LogP contribution is -1.99. The minimum Gasteiger partial charge on any atom is -0.508 e. The van der Waals surface area contributed by atoms with E-state index in [0.717, 1.165) is 44.5 Å². The van der Waals surface area contributed by atoms with Crippen LogP contribution in [0, 0.1) is 26.6 Å². The zero-order valence-corrected chi connectivity index (χ0v) is 17.6. The lowest BCUT2D eigenvalue weighted by molar-refractivity contribution is 0.341. The number of ether oxygens (including phenoxy) is 1. The first-order valence-corrected chi connectivity index (χ1v) is 9.74. The number of rotatable bonds is 5. The molecule has 0 aliphatic heterocycles. The summed E-state index contributed by atoms with van der Waals surface area (Å²) in [5.74, 6) is 0.154. The van der Waals surface area contributed by atoms with E-state index in [-0.39, 0.29) is 17.3 Å². The summed E-state index contributed by atoms with van der Waals surface area (Å²) in [7, 11) is 0. The predicted octanol–water partition coefficient (Wildman–Crippen LogP) is 7.14. The van der Waals surface area contributed by atoms with Crippen molar-refractivity contribution in [2.75, 3.05) is 6.61 Å². The highest BCUT2D eigenvalue weighted by molar-refractivity contribution is 5.80. The van der Waals surface area contributed by atoms with Gasteiger partial charge in [-0.1, -0.05) is 29.8 Å². The second-order valence-corrected chi connectivity index (χ2v) is 7.65. The van der Waals surface area contributed by atoms with Gasteiger partial charge in [-0.3, -0.25) is 0 Å². The Morgan fingerprint density at radius 3 is 2.21 bits per heavy atom. The summed E-state index contributed by atoms with van der Waals surface area (Å²) in [6, 6.07) is 14.5. The minimum absolute atomic E-state index is 0.249. The molecule has 0 aromatic heterocycles. The number of aryl methyl sites for hydroxylation is 1. The second kappa shape index (κ2) is 8.52. The Bertz CT molecular complexity index is 1060. The highest BCUT2D eigenvalue weighted by Gasteiger charge is 2.15. The van der Waals surface area contributed by atoms with Crippen LogP contribution < -0.4 is 4.74 Å². The van der Waals surface area contributed by atoms with Gasteiger partial charge in [-0.25, -0.2) is 4.39 Å². The Morgan fingerprint density at radius 2 is 1.59 bits per heavy atom. The highest BCUT2D eigenvalue weighted by Crippen LogP contribution is 2.37. The van der Waals surface area contributed by atoms with Crippen molar-refractivity contribution in [2.45, 2.75) is 34.6 Å². The van der Waals surface area contributed by atoms with E-state index in [1.807, 2.05) is 45.0 Å². The quantitative estimate of drug-likeness (QED) is 0.469. The molecule has 0 bridgehead atoms. The van der Waals surface area contributed by atoms with E-state index in [1.165, 1.54) is 0 Å². The molecule has 0 spiro atoms. The number of hydrogen-bond acceptors (Lipinski definition) is 2. The van der Waals surface area contributed by atoms with Gasteiger partial charge in [-0.2, -0.15) is 0 Å². The Labute approximate surface area is 172 Å². The topological polar surface area (TPSA) is 29.5 Å². The van der Waals surface area contributed by atoms with E-state index < -0.39 is 0 Å². The van der Waals surface area contributed by atoms with Crippen molar-refractivity contribution in [1.82, 2.24) is 0 Å². The van der Waals surface area contributed by atoms with E-state index >= 15 is 0 Å². The first-order valence-electron chi connectivity index (χ1n) is 9.74. The van der Waals surface area contributed by atoms with Gasteiger partial charge in [0.1, 0.15) is 12.4 Å². The van der Waals surface area contributed by atoms with Crippen molar-refractivity contribution < 1.29 is 14.2 Å². The van der Waals surface area contributed by atoms with Crippen LogP contribution in [0.5, 0.6) is 11.5 Å². The van der Waals surface area contributed by atoms with E-state index in [9.17, 15) is 9.50 Å². The van der Waals surface area contributed by atoms with Crippen LogP contribution in [0.1, 0.15) is 30.5 Å². The molecule has 150 valence electrons. The van der Waals surface area contributed by atoms with Crippen LogP contribution in [0.4, 0.5) is 4.39 Å². The van der Waals surface area contributed by atoms with Crippen LogP contribution in [0.25, 0.3) is 22.3 Å². The van der Waals surface area contributed by atoms with Gasteiger partial charge in [-0.15, -0.1) is 0 Å². The predicted molar refractivity (Wildman–Crippen MR) is 118 cm³/mol. The van der Waals surface area contributed by atoms with Crippen molar-refractivity contribution in [3.63, 3.8) is 0 Å². The Kier molecular flexibility index (Phi) is 6.07. The molecule has 29 heavy (non-hydrogen) atoms. The Balaban J connectivity index is 1.99. The zero-order chi connectivity index (χ0) is 21.1. The molecule has 0 radical (unpaired) electrons. The van der Waals surface area contributed by atoms with Gasteiger partial charge in [0, 0.05) is 0 Å². The summed E-state index contributed by atoms with van der Waals surface area (Å²) in [4.78, 5) is 0. The smallest absolute Gasteiger partial charge is 0.165 e. The molecule has 3 aromatic carbocycles. The molecule has 1 N–H and O–H groups in total. The fraction of sp³-hybridized carbons (Fsp3) is 0.231.